The quantitative estimate of drug-likeness (QED) is 0.567. The second-order valence-electron chi connectivity index (χ2n) is 7.92. The maximum absolute atomic E-state index is 13.3. The number of pyridine rings is 1. The highest BCUT2D eigenvalue weighted by molar-refractivity contribution is 5.69. The Hall–Kier alpha value is -2.98. The van der Waals surface area contributed by atoms with E-state index in [1.165, 1.54) is 11.1 Å². The molecular weight excluding hydrogens is 375 g/mol. The molecule has 154 valence electrons. The Balaban J connectivity index is 1.32. The van der Waals surface area contributed by atoms with E-state index >= 15 is 0 Å². The normalized spacial score (nSPS) is 17.0. The SMILES string of the molecule is O=c1cc(C=Cc2ccccc2)ccn1CCc1ccc(CN2CC[C@H](F)C2)cc1. The largest absolute Gasteiger partial charge is 0.315 e. The molecule has 0 amide bonds. The van der Waals surface area contributed by atoms with Gasteiger partial charge in [-0.15, -0.1) is 0 Å². The number of nitrogens with zero attached hydrogens (tertiary/aromatic N) is 2. The number of aromatic nitrogens is 1. The smallest absolute Gasteiger partial charge is 0.251 e. The first-order valence-electron chi connectivity index (χ1n) is 10.5. The van der Waals surface area contributed by atoms with E-state index in [1.54, 1.807) is 10.6 Å². The molecule has 0 N–H and O–H groups in total. The topological polar surface area (TPSA) is 25.2 Å². The Labute approximate surface area is 177 Å². The van der Waals surface area contributed by atoms with E-state index in [4.69, 9.17) is 0 Å². The van der Waals surface area contributed by atoms with Crippen LogP contribution in [0.15, 0.2) is 77.7 Å². The molecule has 4 heteroatoms. The molecule has 4 rings (SSSR count). The summed E-state index contributed by atoms with van der Waals surface area (Å²) in [4.78, 5) is 14.6. The third kappa shape index (κ3) is 5.55. The van der Waals surface area contributed by atoms with Gasteiger partial charge >= 0.3 is 0 Å². The summed E-state index contributed by atoms with van der Waals surface area (Å²) in [6.07, 6.45) is 6.61. The third-order valence-electron chi connectivity index (χ3n) is 5.57. The van der Waals surface area contributed by atoms with Crippen LogP contribution in [-0.4, -0.2) is 28.7 Å². The maximum Gasteiger partial charge on any atom is 0.251 e. The van der Waals surface area contributed by atoms with Gasteiger partial charge in [0.1, 0.15) is 6.17 Å². The van der Waals surface area contributed by atoms with Crippen molar-refractivity contribution >= 4 is 12.2 Å². The van der Waals surface area contributed by atoms with Crippen LogP contribution in [0, 0.1) is 0 Å². The molecule has 0 unspecified atom stereocenters. The molecule has 0 saturated carbocycles. The van der Waals surface area contributed by atoms with Crippen molar-refractivity contribution in [2.45, 2.75) is 32.1 Å². The van der Waals surface area contributed by atoms with E-state index in [1.807, 2.05) is 54.7 Å². The molecule has 1 aromatic heterocycles. The lowest BCUT2D eigenvalue weighted by Crippen LogP contribution is -2.20. The number of likely N-dealkylation sites (tertiary alicyclic amines) is 1. The van der Waals surface area contributed by atoms with E-state index in [0.717, 1.165) is 30.6 Å². The summed E-state index contributed by atoms with van der Waals surface area (Å²) < 4.78 is 15.1. The lowest BCUT2D eigenvalue weighted by atomic mass is 10.1. The van der Waals surface area contributed by atoms with Crippen molar-refractivity contribution in [1.82, 2.24) is 9.47 Å². The van der Waals surface area contributed by atoms with Crippen molar-refractivity contribution in [2.75, 3.05) is 13.1 Å². The number of benzene rings is 2. The molecule has 0 bridgehead atoms. The van der Waals surface area contributed by atoms with Crippen molar-refractivity contribution in [3.05, 3.63) is 106 Å². The zero-order chi connectivity index (χ0) is 20.8. The molecule has 2 heterocycles. The molecule has 1 fully saturated rings. The fourth-order valence-electron chi connectivity index (χ4n) is 3.82. The van der Waals surface area contributed by atoms with Gasteiger partial charge in [-0.3, -0.25) is 9.69 Å². The van der Waals surface area contributed by atoms with Crippen LogP contribution >= 0.6 is 0 Å². The first-order chi connectivity index (χ1) is 14.7. The molecule has 2 aromatic carbocycles. The highest BCUT2D eigenvalue weighted by atomic mass is 19.1. The summed E-state index contributed by atoms with van der Waals surface area (Å²) in [6, 6.07) is 22.1. The van der Waals surface area contributed by atoms with Gasteiger partial charge in [0, 0.05) is 38.4 Å². The Bertz CT molecular complexity index is 1040. The van der Waals surface area contributed by atoms with Gasteiger partial charge in [0.25, 0.3) is 5.56 Å². The van der Waals surface area contributed by atoms with Gasteiger partial charge in [0.2, 0.25) is 0 Å². The predicted octanol–water partition coefficient (Wildman–Crippen LogP) is 4.81. The molecular formula is C26H27FN2O. The molecule has 0 radical (unpaired) electrons. The Kier molecular flexibility index (Phi) is 6.55. The number of rotatable bonds is 7. The van der Waals surface area contributed by atoms with Crippen molar-refractivity contribution in [2.24, 2.45) is 0 Å². The minimum atomic E-state index is -0.678. The molecule has 0 aliphatic carbocycles. The lowest BCUT2D eigenvalue weighted by Gasteiger charge is -2.14. The molecule has 0 spiro atoms. The molecule has 1 saturated heterocycles. The Morgan fingerprint density at radius 1 is 0.933 bits per heavy atom. The number of halogens is 1. The summed E-state index contributed by atoms with van der Waals surface area (Å²) >= 11 is 0. The fourth-order valence-corrected chi connectivity index (χ4v) is 3.82. The first-order valence-corrected chi connectivity index (χ1v) is 10.5. The van der Waals surface area contributed by atoms with Gasteiger partial charge in [-0.2, -0.15) is 0 Å². The molecule has 3 nitrogen and oxygen atoms in total. The molecule has 1 aliphatic rings. The van der Waals surface area contributed by atoms with Crippen LogP contribution in [0.3, 0.4) is 0 Å². The number of aryl methyl sites for hydroxylation is 2. The van der Waals surface area contributed by atoms with Crippen molar-refractivity contribution in [3.8, 4) is 0 Å². The van der Waals surface area contributed by atoms with Crippen LogP contribution in [0.2, 0.25) is 0 Å². The van der Waals surface area contributed by atoms with Crippen molar-refractivity contribution in [3.63, 3.8) is 0 Å². The van der Waals surface area contributed by atoms with Crippen LogP contribution in [-0.2, 0) is 19.5 Å². The standard InChI is InChI=1S/C26H27FN2O/c27-25-14-15-28(20-25)19-24-10-7-22(8-11-24)12-16-29-17-13-23(18-26(29)30)9-6-21-4-2-1-3-5-21/h1-11,13,17-18,25H,12,14-16,19-20H2/t25-/m0/s1. The molecule has 1 atom stereocenters. The number of alkyl halides is 1. The summed E-state index contributed by atoms with van der Waals surface area (Å²) in [6.45, 7) is 2.83. The van der Waals surface area contributed by atoms with Gasteiger partial charge in [-0.1, -0.05) is 66.7 Å². The number of hydrogen-bond acceptors (Lipinski definition) is 2. The fraction of sp³-hybridized carbons (Fsp3) is 0.269. The van der Waals surface area contributed by atoms with Gasteiger partial charge in [0.15, 0.2) is 0 Å². The minimum Gasteiger partial charge on any atom is -0.315 e. The van der Waals surface area contributed by atoms with E-state index in [0.29, 0.717) is 19.5 Å². The van der Waals surface area contributed by atoms with E-state index in [9.17, 15) is 9.18 Å². The molecule has 30 heavy (non-hydrogen) atoms. The molecule has 3 aromatic rings. The third-order valence-corrected chi connectivity index (χ3v) is 5.57. The van der Waals surface area contributed by atoms with Gasteiger partial charge in [0.05, 0.1) is 0 Å². The van der Waals surface area contributed by atoms with Crippen molar-refractivity contribution < 1.29 is 4.39 Å². The second-order valence-corrected chi connectivity index (χ2v) is 7.92. The average Bonchev–Trinajstić information content (AvgIpc) is 3.18. The van der Waals surface area contributed by atoms with Crippen LogP contribution in [0.5, 0.6) is 0 Å². The van der Waals surface area contributed by atoms with Gasteiger partial charge < -0.3 is 4.57 Å². The van der Waals surface area contributed by atoms with Gasteiger partial charge in [-0.25, -0.2) is 4.39 Å². The second kappa shape index (κ2) is 9.68. The Morgan fingerprint density at radius 3 is 2.37 bits per heavy atom. The van der Waals surface area contributed by atoms with Crippen molar-refractivity contribution in [1.29, 1.82) is 0 Å². The monoisotopic (exact) mass is 402 g/mol. The van der Waals surface area contributed by atoms with Gasteiger partial charge in [-0.05, 0) is 41.2 Å². The lowest BCUT2D eigenvalue weighted by molar-refractivity contribution is 0.282. The predicted molar refractivity (Wildman–Crippen MR) is 121 cm³/mol. The van der Waals surface area contributed by atoms with Crippen LogP contribution in [0.4, 0.5) is 4.39 Å². The number of hydrogen-bond donors (Lipinski definition) is 0. The van der Waals surface area contributed by atoms with E-state index < -0.39 is 6.17 Å². The highest BCUT2D eigenvalue weighted by Crippen LogP contribution is 2.16. The molecule has 1 aliphatic heterocycles. The van der Waals surface area contributed by atoms with Crippen LogP contribution in [0.25, 0.3) is 12.2 Å². The minimum absolute atomic E-state index is 0.0108. The van der Waals surface area contributed by atoms with Crippen LogP contribution < -0.4 is 5.56 Å². The first kappa shape index (κ1) is 20.3. The van der Waals surface area contributed by atoms with E-state index in [-0.39, 0.29) is 5.56 Å². The maximum atomic E-state index is 13.3. The highest BCUT2D eigenvalue weighted by Gasteiger charge is 2.21. The summed E-state index contributed by atoms with van der Waals surface area (Å²) in [5.41, 5.74) is 4.43. The summed E-state index contributed by atoms with van der Waals surface area (Å²) in [5.74, 6) is 0. The Morgan fingerprint density at radius 2 is 1.67 bits per heavy atom. The zero-order valence-corrected chi connectivity index (χ0v) is 17.1. The summed E-state index contributed by atoms with van der Waals surface area (Å²) in [7, 11) is 0. The van der Waals surface area contributed by atoms with Crippen LogP contribution in [0.1, 0.15) is 28.7 Å². The summed E-state index contributed by atoms with van der Waals surface area (Å²) in [5, 5.41) is 0. The van der Waals surface area contributed by atoms with E-state index in [2.05, 4.69) is 29.2 Å². The average molecular weight is 403 g/mol. The zero-order valence-electron chi connectivity index (χ0n) is 17.1.